The number of nitrogen functional groups attached to an aromatic ring is 1. The molecule has 0 atom stereocenters. The molecule has 18 heavy (non-hydrogen) atoms. The Hall–Kier alpha value is -2.08. The van der Waals surface area contributed by atoms with Crippen LogP contribution in [0.2, 0.25) is 0 Å². The molecule has 0 bridgehead atoms. The molecule has 0 heterocycles. The van der Waals surface area contributed by atoms with E-state index >= 15 is 0 Å². The summed E-state index contributed by atoms with van der Waals surface area (Å²) in [5.41, 5.74) is 5.58. The molecule has 0 aliphatic heterocycles. The van der Waals surface area contributed by atoms with E-state index in [0.29, 0.717) is 9.79 Å². The minimum atomic E-state index is -0.513. The third-order valence-corrected chi connectivity index (χ3v) is 3.31. The molecule has 6 heteroatoms. The normalized spacial score (nSPS) is 10.3. The fourth-order valence-electron chi connectivity index (χ4n) is 1.45. The van der Waals surface area contributed by atoms with Crippen LogP contribution in [0.25, 0.3) is 0 Å². The lowest BCUT2D eigenvalue weighted by atomic mass is 10.3. The second kappa shape index (κ2) is 5.05. The van der Waals surface area contributed by atoms with Crippen molar-refractivity contribution in [2.75, 3.05) is 5.73 Å². The molecule has 2 aromatic rings. The van der Waals surface area contributed by atoms with Gasteiger partial charge in [-0.25, -0.2) is 4.39 Å². The molecule has 92 valence electrons. The zero-order valence-corrected chi connectivity index (χ0v) is 9.99. The smallest absolute Gasteiger partial charge is 0.305 e. The van der Waals surface area contributed by atoms with Gasteiger partial charge in [0.1, 0.15) is 11.5 Å². The van der Waals surface area contributed by atoms with E-state index in [1.165, 1.54) is 30.0 Å². The molecule has 0 aliphatic carbocycles. The minimum Gasteiger partial charge on any atom is -0.393 e. The summed E-state index contributed by atoms with van der Waals surface area (Å²) in [6, 6.07) is 10.5. The molecule has 2 aromatic carbocycles. The van der Waals surface area contributed by atoms with Crippen molar-refractivity contribution in [2.24, 2.45) is 0 Å². The molecule has 0 fully saturated rings. The number of halogens is 1. The highest BCUT2D eigenvalue weighted by atomic mass is 32.2. The molecule has 0 saturated heterocycles. The largest absolute Gasteiger partial charge is 0.393 e. The summed E-state index contributed by atoms with van der Waals surface area (Å²) in [4.78, 5) is 11.6. The van der Waals surface area contributed by atoms with Crippen LogP contribution < -0.4 is 5.73 Å². The fraction of sp³-hybridized carbons (Fsp3) is 0. The molecular formula is C12H9FN2O2S. The van der Waals surface area contributed by atoms with E-state index < -0.39 is 4.92 Å². The first-order valence-electron chi connectivity index (χ1n) is 5.04. The summed E-state index contributed by atoms with van der Waals surface area (Å²) in [7, 11) is 0. The van der Waals surface area contributed by atoms with Crippen LogP contribution in [0.3, 0.4) is 0 Å². The van der Waals surface area contributed by atoms with E-state index in [0.717, 1.165) is 0 Å². The Morgan fingerprint density at radius 1 is 1.17 bits per heavy atom. The number of nitrogens with two attached hydrogens (primary N) is 1. The van der Waals surface area contributed by atoms with Gasteiger partial charge in [-0.2, -0.15) is 0 Å². The number of nitro benzene ring substituents is 1. The first kappa shape index (κ1) is 12.4. The van der Waals surface area contributed by atoms with Crippen molar-refractivity contribution in [3.8, 4) is 0 Å². The lowest BCUT2D eigenvalue weighted by molar-refractivity contribution is -0.386. The topological polar surface area (TPSA) is 69.2 Å². The molecule has 0 radical (unpaired) electrons. The lowest BCUT2D eigenvalue weighted by Crippen LogP contribution is -1.97. The molecule has 0 saturated carbocycles. The standard InChI is InChI=1S/C12H9FN2O2S/c13-8-4-6-9(7-5-8)18-11-3-1-2-10(14)12(11)15(16)17/h1-7H,14H2. The Kier molecular flexibility index (Phi) is 3.47. The molecule has 2 rings (SSSR count). The monoisotopic (exact) mass is 264 g/mol. The van der Waals surface area contributed by atoms with Gasteiger partial charge in [-0.05, 0) is 36.4 Å². The third kappa shape index (κ3) is 2.60. The summed E-state index contributed by atoms with van der Waals surface area (Å²) in [6.07, 6.45) is 0. The van der Waals surface area contributed by atoms with Gasteiger partial charge in [-0.1, -0.05) is 17.8 Å². The molecule has 0 aromatic heterocycles. The van der Waals surface area contributed by atoms with Crippen molar-refractivity contribution in [2.45, 2.75) is 9.79 Å². The number of benzene rings is 2. The number of hydrogen-bond acceptors (Lipinski definition) is 4. The fourth-order valence-corrected chi connectivity index (χ4v) is 2.41. The van der Waals surface area contributed by atoms with Gasteiger partial charge in [0, 0.05) is 4.90 Å². The van der Waals surface area contributed by atoms with Gasteiger partial charge in [-0.3, -0.25) is 10.1 Å². The van der Waals surface area contributed by atoms with E-state index in [9.17, 15) is 14.5 Å². The van der Waals surface area contributed by atoms with E-state index in [4.69, 9.17) is 5.73 Å². The SMILES string of the molecule is Nc1cccc(Sc2ccc(F)cc2)c1[N+](=O)[O-]. The highest BCUT2D eigenvalue weighted by molar-refractivity contribution is 7.99. The maximum atomic E-state index is 12.8. The number of para-hydroxylation sites is 1. The van der Waals surface area contributed by atoms with Gasteiger partial charge >= 0.3 is 5.69 Å². The molecule has 4 nitrogen and oxygen atoms in total. The number of nitrogens with zero attached hydrogens (tertiary/aromatic N) is 1. The summed E-state index contributed by atoms with van der Waals surface area (Å²) in [5, 5.41) is 10.9. The summed E-state index contributed by atoms with van der Waals surface area (Å²) in [5.74, 6) is -0.346. The highest BCUT2D eigenvalue weighted by Gasteiger charge is 2.18. The number of hydrogen-bond donors (Lipinski definition) is 1. The van der Waals surface area contributed by atoms with E-state index in [-0.39, 0.29) is 17.2 Å². The first-order valence-corrected chi connectivity index (χ1v) is 5.86. The lowest BCUT2D eigenvalue weighted by Gasteiger charge is -2.04. The van der Waals surface area contributed by atoms with Crippen LogP contribution in [-0.4, -0.2) is 4.92 Å². The molecule has 0 aliphatic rings. The van der Waals surface area contributed by atoms with Gasteiger partial charge in [0.15, 0.2) is 0 Å². The third-order valence-electron chi connectivity index (χ3n) is 2.25. The quantitative estimate of drug-likeness (QED) is 0.523. The van der Waals surface area contributed by atoms with Crippen LogP contribution >= 0.6 is 11.8 Å². The predicted octanol–water partition coefficient (Wildman–Crippen LogP) is 3.47. The van der Waals surface area contributed by atoms with Crippen molar-refractivity contribution in [3.63, 3.8) is 0 Å². The maximum absolute atomic E-state index is 12.8. The van der Waals surface area contributed by atoms with Crippen molar-refractivity contribution < 1.29 is 9.31 Å². The Balaban J connectivity index is 2.37. The van der Waals surface area contributed by atoms with Gasteiger partial charge in [0.05, 0.1) is 9.82 Å². The van der Waals surface area contributed by atoms with Crippen LogP contribution in [-0.2, 0) is 0 Å². The van der Waals surface area contributed by atoms with Gasteiger partial charge in [0.25, 0.3) is 0 Å². The summed E-state index contributed by atoms with van der Waals surface area (Å²) in [6.45, 7) is 0. The Morgan fingerprint density at radius 3 is 2.44 bits per heavy atom. The molecular weight excluding hydrogens is 255 g/mol. The molecule has 0 unspecified atom stereocenters. The highest BCUT2D eigenvalue weighted by Crippen LogP contribution is 2.37. The van der Waals surface area contributed by atoms with Crippen LogP contribution in [0, 0.1) is 15.9 Å². The summed E-state index contributed by atoms with van der Waals surface area (Å²) < 4.78 is 12.8. The Morgan fingerprint density at radius 2 is 1.83 bits per heavy atom. The Bertz CT molecular complexity index is 587. The Labute approximate surface area is 107 Å². The molecule has 0 amide bonds. The zero-order chi connectivity index (χ0) is 13.1. The van der Waals surface area contributed by atoms with Gasteiger partial charge < -0.3 is 5.73 Å². The molecule has 0 spiro atoms. The number of nitro groups is 1. The van der Waals surface area contributed by atoms with Crippen LogP contribution in [0.4, 0.5) is 15.8 Å². The molecule has 2 N–H and O–H groups in total. The van der Waals surface area contributed by atoms with Crippen LogP contribution in [0.5, 0.6) is 0 Å². The second-order valence-corrected chi connectivity index (χ2v) is 4.62. The van der Waals surface area contributed by atoms with Gasteiger partial charge in [0.2, 0.25) is 0 Å². The average molecular weight is 264 g/mol. The second-order valence-electron chi connectivity index (χ2n) is 3.51. The minimum absolute atomic E-state index is 0.118. The van der Waals surface area contributed by atoms with Crippen LogP contribution in [0.1, 0.15) is 0 Å². The number of anilines is 1. The van der Waals surface area contributed by atoms with Crippen molar-refractivity contribution in [1.29, 1.82) is 0 Å². The van der Waals surface area contributed by atoms with Crippen LogP contribution in [0.15, 0.2) is 52.3 Å². The van der Waals surface area contributed by atoms with E-state index in [2.05, 4.69) is 0 Å². The van der Waals surface area contributed by atoms with Crippen molar-refractivity contribution in [3.05, 3.63) is 58.4 Å². The van der Waals surface area contributed by atoms with Gasteiger partial charge in [-0.15, -0.1) is 0 Å². The summed E-state index contributed by atoms with van der Waals surface area (Å²) >= 11 is 1.18. The van der Waals surface area contributed by atoms with E-state index in [1.807, 2.05) is 0 Å². The van der Waals surface area contributed by atoms with Crippen molar-refractivity contribution >= 4 is 23.1 Å². The van der Waals surface area contributed by atoms with E-state index in [1.54, 1.807) is 24.3 Å². The first-order chi connectivity index (χ1) is 8.58. The number of rotatable bonds is 3. The average Bonchev–Trinajstić information content (AvgIpc) is 2.32. The predicted molar refractivity (Wildman–Crippen MR) is 68.0 cm³/mol. The zero-order valence-electron chi connectivity index (χ0n) is 9.17. The maximum Gasteiger partial charge on any atom is 0.305 e. The van der Waals surface area contributed by atoms with Crippen molar-refractivity contribution in [1.82, 2.24) is 0 Å².